The molecule has 0 atom stereocenters. The summed E-state index contributed by atoms with van der Waals surface area (Å²) >= 11 is 0. The first-order valence-electron chi connectivity index (χ1n) is 8.78. The van der Waals surface area contributed by atoms with Crippen LogP contribution in [0.25, 0.3) is 0 Å². The predicted octanol–water partition coefficient (Wildman–Crippen LogP) is 3.48. The Bertz CT molecular complexity index is 798. The van der Waals surface area contributed by atoms with Gasteiger partial charge >= 0.3 is 5.97 Å². The zero-order chi connectivity index (χ0) is 18.5. The Kier molecular flexibility index (Phi) is 5.51. The van der Waals surface area contributed by atoms with Gasteiger partial charge in [-0.1, -0.05) is 19.1 Å². The number of para-hydroxylation sites is 1. The maximum Gasteiger partial charge on any atom is 0.339 e. The van der Waals surface area contributed by atoms with E-state index in [1.165, 1.54) is 7.11 Å². The van der Waals surface area contributed by atoms with Gasteiger partial charge in [-0.2, -0.15) is 0 Å². The summed E-state index contributed by atoms with van der Waals surface area (Å²) in [5.41, 5.74) is 2.16. The van der Waals surface area contributed by atoms with Crippen molar-refractivity contribution >= 4 is 23.3 Å². The molecule has 26 heavy (non-hydrogen) atoms. The number of pyridine rings is 1. The molecule has 0 unspecified atom stereocenters. The number of piperidine rings is 1. The van der Waals surface area contributed by atoms with Crippen molar-refractivity contribution in [2.75, 3.05) is 25.5 Å². The van der Waals surface area contributed by atoms with Crippen LogP contribution in [0.1, 0.15) is 40.6 Å². The van der Waals surface area contributed by atoms with Crippen LogP contribution in [0, 0.1) is 5.92 Å². The van der Waals surface area contributed by atoms with E-state index in [9.17, 15) is 9.59 Å². The van der Waals surface area contributed by atoms with Gasteiger partial charge in [0.25, 0.3) is 5.91 Å². The Morgan fingerprint density at radius 2 is 1.92 bits per heavy atom. The summed E-state index contributed by atoms with van der Waals surface area (Å²) in [6.07, 6.45) is 3.65. The maximum atomic E-state index is 12.7. The van der Waals surface area contributed by atoms with Crippen LogP contribution in [-0.4, -0.2) is 42.0 Å². The van der Waals surface area contributed by atoms with Gasteiger partial charge in [-0.05, 0) is 43.0 Å². The third-order valence-corrected chi connectivity index (χ3v) is 4.66. The van der Waals surface area contributed by atoms with Crippen molar-refractivity contribution < 1.29 is 14.3 Å². The zero-order valence-corrected chi connectivity index (χ0v) is 15.1. The van der Waals surface area contributed by atoms with E-state index in [1.807, 2.05) is 11.0 Å². The van der Waals surface area contributed by atoms with Gasteiger partial charge in [-0.3, -0.25) is 9.78 Å². The second kappa shape index (κ2) is 7.99. The van der Waals surface area contributed by atoms with Gasteiger partial charge in [0.15, 0.2) is 0 Å². The van der Waals surface area contributed by atoms with Crippen molar-refractivity contribution in [3.63, 3.8) is 0 Å². The molecule has 1 aromatic carbocycles. The lowest BCUT2D eigenvalue weighted by atomic mass is 9.99. The molecule has 1 saturated heterocycles. The van der Waals surface area contributed by atoms with Crippen LogP contribution in [0.4, 0.5) is 11.4 Å². The van der Waals surface area contributed by atoms with Gasteiger partial charge < -0.3 is 15.0 Å². The van der Waals surface area contributed by atoms with Crippen LogP contribution < -0.4 is 5.32 Å². The number of amides is 1. The first-order valence-corrected chi connectivity index (χ1v) is 8.78. The zero-order valence-electron chi connectivity index (χ0n) is 15.1. The summed E-state index contributed by atoms with van der Waals surface area (Å²) in [4.78, 5) is 30.7. The predicted molar refractivity (Wildman–Crippen MR) is 99.6 cm³/mol. The molecule has 1 fully saturated rings. The summed E-state index contributed by atoms with van der Waals surface area (Å²) < 4.78 is 4.81. The van der Waals surface area contributed by atoms with E-state index in [0.29, 0.717) is 28.6 Å². The highest BCUT2D eigenvalue weighted by atomic mass is 16.5. The minimum Gasteiger partial charge on any atom is -0.465 e. The summed E-state index contributed by atoms with van der Waals surface area (Å²) in [6.45, 7) is 3.75. The molecule has 6 nitrogen and oxygen atoms in total. The molecule has 2 aromatic rings. The number of aromatic nitrogens is 1. The number of rotatable bonds is 4. The van der Waals surface area contributed by atoms with Crippen molar-refractivity contribution in [2.24, 2.45) is 5.92 Å². The third kappa shape index (κ3) is 4.02. The monoisotopic (exact) mass is 353 g/mol. The fourth-order valence-corrected chi connectivity index (χ4v) is 3.03. The highest BCUT2D eigenvalue weighted by Crippen LogP contribution is 2.23. The smallest absolute Gasteiger partial charge is 0.339 e. The number of ether oxygens (including phenoxy) is 1. The first-order chi connectivity index (χ1) is 12.6. The second-order valence-corrected chi connectivity index (χ2v) is 6.57. The fourth-order valence-electron chi connectivity index (χ4n) is 3.03. The first kappa shape index (κ1) is 17.9. The van der Waals surface area contributed by atoms with Crippen LogP contribution in [0.5, 0.6) is 0 Å². The molecule has 1 aliphatic heterocycles. The molecule has 1 aliphatic rings. The Morgan fingerprint density at radius 3 is 2.65 bits per heavy atom. The van der Waals surface area contributed by atoms with E-state index in [0.717, 1.165) is 25.9 Å². The molecule has 136 valence electrons. The number of methoxy groups -OCH3 is 1. The highest BCUT2D eigenvalue weighted by molar-refractivity contribution is 5.97. The van der Waals surface area contributed by atoms with Crippen LogP contribution in [0.3, 0.4) is 0 Å². The topological polar surface area (TPSA) is 71.5 Å². The number of anilines is 2. The Morgan fingerprint density at radius 1 is 1.19 bits per heavy atom. The molecular weight excluding hydrogens is 330 g/mol. The Hall–Kier alpha value is -2.89. The molecule has 1 aromatic heterocycles. The molecule has 0 radical (unpaired) electrons. The van der Waals surface area contributed by atoms with Gasteiger partial charge in [-0.25, -0.2) is 4.79 Å². The molecule has 0 spiro atoms. The number of likely N-dealkylation sites (tertiary alicyclic amines) is 1. The number of nitrogens with zero attached hydrogens (tertiary/aromatic N) is 2. The maximum absolute atomic E-state index is 12.7. The van der Waals surface area contributed by atoms with Gasteiger partial charge in [0.1, 0.15) is 5.69 Å². The average molecular weight is 353 g/mol. The van der Waals surface area contributed by atoms with E-state index >= 15 is 0 Å². The lowest BCUT2D eigenvalue weighted by Crippen LogP contribution is -2.38. The van der Waals surface area contributed by atoms with Gasteiger partial charge in [0.05, 0.1) is 18.4 Å². The molecule has 6 heteroatoms. The molecule has 0 aliphatic carbocycles. The molecule has 1 N–H and O–H groups in total. The van der Waals surface area contributed by atoms with Crippen LogP contribution in [0.2, 0.25) is 0 Å². The van der Waals surface area contributed by atoms with Crippen LogP contribution in [-0.2, 0) is 4.74 Å². The Balaban J connectivity index is 1.78. The average Bonchev–Trinajstić information content (AvgIpc) is 2.68. The van der Waals surface area contributed by atoms with E-state index in [2.05, 4.69) is 17.2 Å². The third-order valence-electron chi connectivity index (χ3n) is 4.66. The molecule has 3 rings (SSSR count). The van der Waals surface area contributed by atoms with Gasteiger partial charge in [-0.15, -0.1) is 0 Å². The lowest BCUT2D eigenvalue weighted by molar-refractivity contribution is 0.0601. The largest absolute Gasteiger partial charge is 0.465 e. The minimum atomic E-state index is -0.416. The van der Waals surface area contributed by atoms with Crippen molar-refractivity contribution in [2.45, 2.75) is 19.8 Å². The van der Waals surface area contributed by atoms with Crippen LogP contribution >= 0.6 is 0 Å². The Labute approximate surface area is 153 Å². The normalized spacial score (nSPS) is 14.8. The van der Waals surface area contributed by atoms with Crippen molar-refractivity contribution in [3.8, 4) is 0 Å². The number of carbonyl (C=O) groups is 2. The molecule has 0 bridgehead atoms. The number of hydrogen-bond donors (Lipinski definition) is 1. The number of nitrogens with one attached hydrogen (secondary N) is 1. The summed E-state index contributed by atoms with van der Waals surface area (Å²) in [6, 6.07) is 10.6. The summed E-state index contributed by atoms with van der Waals surface area (Å²) in [7, 11) is 1.35. The number of carbonyl (C=O) groups excluding carboxylic acids is 2. The minimum absolute atomic E-state index is 0.0539. The highest BCUT2D eigenvalue weighted by Gasteiger charge is 2.22. The second-order valence-electron chi connectivity index (χ2n) is 6.57. The van der Waals surface area contributed by atoms with E-state index in [4.69, 9.17) is 4.74 Å². The molecule has 0 saturated carbocycles. The number of hydrogen-bond acceptors (Lipinski definition) is 5. The van der Waals surface area contributed by atoms with Crippen molar-refractivity contribution in [3.05, 3.63) is 53.9 Å². The SMILES string of the molecule is COC(=O)c1ccccc1Nc1ccnc(C(=O)N2CCC(C)CC2)c1. The number of esters is 1. The summed E-state index contributed by atoms with van der Waals surface area (Å²) in [5.74, 6) is 0.192. The van der Waals surface area contributed by atoms with E-state index in [1.54, 1.807) is 36.5 Å². The lowest BCUT2D eigenvalue weighted by Gasteiger charge is -2.30. The quantitative estimate of drug-likeness (QED) is 0.852. The van der Waals surface area contributed by atoms with Crippen LogP contribution in [0.15, 0.2) is 42.6 Å². The molecule has 2 heterocycles. The van der Waals surface area contributed by atoms with E-state index < -0.39 is 5.97 Å². The fraction of sp³-hybridized carbons (Fsp3) is 0.350. The van der Waals surface area contributed by atoms with Crippen molar-refractivity contribution in [1.82, 2.24) is 9.88 Å². The standard InChI is InChI=1S/C20H23N3O3/c1-14-8-11-23(12-9-14)19(24)18-13-15(7-10-21-18)22-17-6-4-3-5-16(17)20(25)26-2/h3-7,10,13-14H,8-9,11-12H2,1-2H3,(H,21,22). The molecular formula is C20H23N3O3. The number of benzene rings is 1. The van der Waals surface area contributed by atoms with Gasteiger partial charge in [0.2, 0.25) is 0 Å². The van der Waals surface area contributed by atoms with Crippen molar-refractivity contribution in [1.29, 1.82) is 0 Å². The van der Waals surface area contributed by atoms with Gasteiger partial charge in [0, 0.05) is 25.0 Å². The molecule has 1 amide bonds. The van der Waals surface area contributed by atoms with E-state index in [-0.39, 0.29) is 5.91 Å². The summed E-state index contributed by atoms with van der Waals surface area (Å²) in [5, 5.41) is 3.18.